The second-order valence-electron chi connectivity index (χ2n) is 3.49. The molecule has 0 aromatic heterocycles. The smallest absolute Gasteiger partial charge is 0.335 e. The molecule has 0 atom stereocenters. The number of hydrogen-bond donors (Lipinski definition) is 2. The minimum Gasteiger partial charge on any atom is -0.335 e. The van der Waals surface area contributed by atoms with Crippen molar-refractivity contribution < 1.29 is 22.8 Å². The van der Waals surface area contributed by atoms with E-state index in [9.17, 15) is 22.8 Å². The third-order valence-corrected chi connectivity index (χ3v) is 2.39. The molecule has 1 rings (SSSR count). The molecule has 0 aliphatic carbocycles. The Balaban J connectivity index is 2.87. The lowest BCUT2D eigenvalue weighted by atomic mass is 10.2. The number of hydrogen-bond acceptors (Lipinski definition) is 3. The summed E-state index contributed by atoms with van der Waals surface area (Å²) in [7, 11) is 0. The van der Waals surface area contributed by atoms with Crippen molar-refractivity contribution in [3.05, 3.63) is 28.8 Å². The van der Waals surface area contributed by atoms with Crippen LogP contribution < -0.4 is 10.6 Å². The molecule has 1 aromatic carbocycles. The maximum absolute atomic E-state index is 12.6. The number of nitrogens with zero attached hydrogens (tertiary/aromatic N) is 1. The molecule has 20 heavy (non-hydrogen) atoms. The Morgan fingerprint density at radius 3 is 2.50 bits per heavy atom. The highest BCUT2D eigenvalue weighted by Gasteiger charge is 2.33. The largest absolute Gasteiger partial charge is 0.417 e. The minimum absolute atomic E-state index is 0.237. The maximum Gasteiger partial charge on any atom is 0.417 e. The first-order valence-electron chi connectivity index (χ1n) is 5.08. The van der Waals surface area contributed by atoms with Crippen molar-refractivity contribution in [2.45, 2.75) is 6.18 Å². The van der Waals surface area contributed by atoms with E-state index in [0.717, 1.165) is 12.1 Å². The molecule has 0 saturated heterocycles. The number of amides is 2. The highest BCUT2D eigenvalue weighted by atomic mass is 35.5. The molecular weight excluding hydrogens is 299 g/mol. The number of nitrogens with one attached hydrogen (secondary N) is 2. The SMILES string of the molecule is N#CCNC(=O)C(=O)Nc1ccc(Cl)c(C(F)(F)F)c1. The van der Waals surface area contributed by atoms with E-state index >= 15 is 0 Å². The Kier molecular flexibility index (Phi) is 4.94. The molecule has 0 aliphatic heterocycles. The molecule has 0 saturated carbocycles. The number of nitriles is 1. The van der Waals surface area contributed by atoms with E-state index in [4.69, 9.17) is 16.9 Å². The van der Waals surface area contributed by atoms with Crippen molar-refractivity contribution in [3.63, 3.8) is 0 Å². The van der Waals surface area contributed by atoms with Crippen molar-refractivity contribution in [1.82, 2.24) is 5.32 Å². The number of halogens is 4. The zero-order chi connectivity index (χ0) is 15.3. The van der Waals surface area contributed by atoms with Crippen LogP contribution in [0.3, 0.4) is 0 Å². The predicted molar refractivity (Wildman–Crippen MR) is 63.7 cm³/mol. The normalized spacial score (nSPS) is 10.6. The summed E-state index contributed by atoms with van der Waals surface area (Å²) in [6.45, 7) is -0.388. The minimum atomic E-state index is -4.68. The number of anilines is 1. The van der Waals surface area contributed by atoms with Crippen LogP contribution in [0.1, 0.15) is 5.56 Å². The molecule has 0 aliphatic rings. The van der Waals surface area contributed by atoms with Crippen LogP contribution in [0.5, 0.6) is 0 Å². The number of alkyl halides is 3. The van der Waals surface area contributed by atoms with Gasteiger partial charge < -0.3 is 10.6 Å². The molecule has 9 heteroatoms. The number of carbonyl (C=O) groups excluding carboxylic acids is 2. The topological polar surface area (TPSA) is 82.0 Å². The molecule has 2 amide bonds. The van der Waals surface area contributed by atoms with Crippen LogP contribution in [-0.4, -0.2) is 18.4 Å². The first-order valence-corrected chi connectivity index (χ1v) is 5.46. The van der Waals surface area contributed by atoms with Crippen molar-refractivity contribution in [2.75, 3.05) is 11.9 Å². The molecule has 0 fully saturated rings. The van der Waals surface area contributed by atoms with E-state index in [0.29, 0.717) is 6.07 Å². The second kappa shape index (κ2) is 6.25. The first kappa shape index (κ1) is 15.8. The highest BCUT2D eigenvalue weighted by Crippen LogP contribution is 2.36. The molecule has 0 bridgehead atoms. The quantitative estimate of drug-likeness (QED) is 0.647. The van der Waals surface area contributed by atoms with Gasteiger partial charge in [0.25, 0.3) is 0 Å². The lowest BCUT2D eigenvalue weighted by molar-refractivity contribution is -0.137. The second-order valence-corrected chi connectivity index (χ2v) is 3.89. The highest BCUT2D eigenvalue weighted by molar-refractivity contribution is 6.39. The summed E-state index contributed by atoms with van der Waals surface area (Å²) in [4.78, 5) is 22.4. The number of rotatable bonds is 2. The van der Waals surface area contributed by atoms with Crippen LogP contribution in [0, 0.1) is 11.3 Å². The third-order valence-electron chi connectivity index (χ3n) is 2.06. The lowest BCUT2D eigenvalue weighted by Crippen LogP contribution is -2.35. The van der Waals surface area contributed by atoms with Gasteiger partial charge >= 0.3 is 18.0 Å². The standard InChI is InChI=1S/C11H7ClF3N3O2/c12-8-2-1-6(5-7(8)11(13,14)15)18-10(20)9(19)17-4-3-16/h1-2,5H,4H2,(H,17,19)(H,18,20). The number of benzene rings is 1. The van der Waals surface area contributed by atoms with Crippen LogP contribution >= 0.6 is 11.6 Å². The Labute approximate surface area is 116 Å². The fraction of sp³-hybridized carbons (Fsp3) is 0.182. The van der Waals surface area contributed by atoms with Crippen LogP contribution in [0.4, 0.5) is 18.9 Å². The van der Waals surface area contributed by atoms with Crippen molar-refractivity contribution in [3.8, 4) is 6.07 Å². The molecule has 0 radical (unpaired) electrons. The summed E-state index contributed by atoms with van der Waals surface area (Å²) in [6.07, 6.45) is -4.68. The van der Waals surface area contributed by atoms with Gasteiger partial charge in [-0.2, -0.15) is 18.4 Å². The Hall–Kier alpha value is -2.27. The molecule has 1 aromatic rings. The zero-order valence-corrected chi connectivity index (χ0v) is 10.5. The predicted octanol–water partition coefficient (Wildman–Crippen LogP) is 1.94. The molecular formula is C11H7ClF3N3O2. The monoisotopic (exact) mass is 305 g/mol. The summed E-state index contributed by atoms with van der Waals surface area (Å²) in [5.41, 5.74) is -1.37. The van der Waals surface area contributed by atoms with Crippen molar-refractivity contribution >= 4 is 29.1 Å². The van der Waals surface area contributed by atoms with E-state index in [1.807, 2.05) is 10.6 Å². The van der Waals surface area contributed by atoms with Gasteiger partial charge in [-0.25, -0.2) is 0 Å². The van der Waals surface area contributed by atoms with Crippen LogP contribution in [0.15, 0.2) is 18.2 Å². The van der Waals surface area contributed by atoms with Gasteiger partial charge in [0.1, 0.15) is 6.54 Å². The van der Waals surface area contributed by atoms with E-state index in [1.54, 1.807) is 6.07 Å². The lowest BCUT2D eigenvalue weighted by Gasteiger charge is -2.11. The first-order chi connectivity index (χ1) is 9.25. The number of carbonyl (C=O) groups is 2. The Morgan fingerprint density at radius 1 is 1.30 bits per heavy atom. The average Bonchev–Trinajstić information content (AvgIpc) is 2.36. The Morgan fingerprint density at radius 2 is 1.95 bits per heavy atom. The van der Waals surface area contributed by atoms with Crippen molar-refractivity contribution in [2.24, 2.45) is 0 Å². The average molecular weight is 306 g/mol. The van der Waals surface area contributed by atoms with E-state index in [-0.39, 0.29) is 12.2 Å². The van der Waals surface area contributed by atoms with E-state index in [1.165, 1.54) is 0 Å². The third kappa shape index (κ3) is 4.13. The molecule has 106 valence electrons. The molecule has 0 unspecified atom stereocenters. The Bertz CT molecular complexity index is 581. The maximum atomic E-state index is 12.6. The summed E-state index contributed by atoms with van der Waals surface area (Å²) in [5, 5.41) is 11.6. The molecule has 2 N–H and O–H groups in total. The van der Waals surface area contributed by atoms with E-state index < -0.39 is 28.6 Å². The fourth-order valence-corrected chi connectivity index (χ4v) is 1.43. The molecule has 5 nitrogen and oxygen atoms in total. The van der Waals surface area contributed by atoms with Gasteiger partial charge in [-0.1, -0.05) is 11.6 Å². The zero-order valence-electron chi connectivity index (χ0n) is 9.71. The van der Waals surface area contributed by atoms with Gasteiger partial charge in [0.15, 0.2) is 0 Å². The summed E-state index contributed by atoms with van der Waals surface area (Å²) >= 11 is 5.40. The van der Waals surface area contributed by atoms with E-state index in [2.05, 4.69) is 0 Å². The summed E-state index contributed by atoms with van der Waals surface area (Å²) < 4.78 is 37.7. The van der Waals surface area contributed by atoms with Gasteiger partial charge in [-0.15, -0.1) is 0 Å². The van der Waals surface area contributed by atoms with Gasteiger partial charge in [0, 0.05) is 5.69 Å². The van der Waals surface area contributed by atoms with Crippen LogP contribution in [-0.2, 0) is 15.8 Å². The van der Waals surface area contributed by atoms with Gasteiger partial charge in [-0.3, -0.25) is 9.59 Å². The van der Waals surface area contributed by atoms with Crippen LogP contribution in [0.2, 0.25) is 5.02 Å². The van der Waals surface area contributed by atoms with Gasteiger partial charge in [-0.05, 0) is 18.2 Å². The fourth-order valence-electron chi connectivity index (χ4n) is 1.21. The molecule has 0 heterocycles. The van der Waals surface area contributed by atoms with Gasteiger partial charge in [0.05, 0.1) is 16.7 Å². The van der Waals surface area contributed by atoms with Crippen molar-refractivity contribution in [1.29, 1.82) is 5.26 Å². The van der Waals surface area contributed by atoms with Gasteiger partial charge in [0.2, 0.25) is 0 Å². The summed E-state index contributed by atoms with van der Waals surface area (Å²) in [6, 6.07) is 4.25. The molecule has 0 spiro atoms. The summed E-state index contributed by atoms with van der Waals surface area (Å²) in [5.74, 6) is -2.31. The van der Waals surface area contributed by atoms with Crippen LogP contribution in [0.25, 0.3) is 0 Å².